The van der Waals surface area contributed by atoms with Gasteiger partial charge in [0, 0.05) is 6.54 Å². The Balaban J connectivity index is 2.46. The van der Waals surface area contributed by atoms with Gasteiger partial charge in [0.1, 0.15) is 0 Å². The number of carboxylic acids is 1. The molecule has 0 unspecified atom stereocenters. The zero-order valence-corrected chi connectivity index (χ0v) is 7.33. The normalized spacial score (nSPS) is 22.1. The molecule has 1 aliphatic carbocycles. The Morgan fingerprint density at radius 3 is 2.42 bits per heavy atom. The van der Waals surface area contributed by atoms with Gasteiger partial charge >= 0.3 is 5.97 Å². The Morgan fingerprint density at radius 1 is 1.42 bits per heavy atom. The summed E-state index contributed by atoms with van der Waals surface area (Å²) in [5.41, 5.74) is 5.42. The predicted molar refractivity (Wildman–Crippen MR) is 46.8 cm³/mol. The van der Waals surface area contributed by atoms with Crippen LogP contribution in [0.3, 0.4) is 0 Å². The SMILES string of the molecule is NC[C@@H](C(=O)O)C1CCCCC1. The van der Waals surface area contributed by atoms with Crippen LogP contribution in [0.1, 0.15) is 32.1 Å². The van der Waals surface area contributed by atoms with E-state index in [2.05, 4.69) is 0 Å². The van der Waals surface area contributed by atoms with Crippen molar-refractivity contribution in [1.82, 2.24) is 0 Å². The second-order valence-electron chi connectivity index (χ2n) is 3.58. The van der Waals surface area contributed by atoms with Gasteiger partial charge in [0.05, 0.1) is 5.92 Å². The van der Waals surface area contributed by atoms with Crippen LogP contribution < -0.4 is 5.73 Å². The lowest BCUT2D eigenvalue weighted by atomic mass is 9.80. The summed E-state index contributed by atoms with van der Waals surface area (Å²) in [6.07, 6.45) is 5.71. The molecular weight excluding hydrogens is 154 g/mol. The van der Waals surface area contributed by atoms with Crippen LogP contribution in [-0.2, 0) is 4.79 Å². The van der Waals surface area contributed by atoms with E-state index in [-0.39, 0.29) is 5.92 Å². The van der Waals surface area contributed by atoms with Crippen LogP contribution in [-0.4, -0.2) is 17.6 Å². The standard InChI is InChI=1S/C9H17NO2/c10-6-8(9(11)12)7-4-2-1-3-5-7/h7-8H,1-6,10H2,(H,11,12)/t8-/m1/s1. The smallest absolute Gasteiger partial charge is 0.308 e. The lowest BCUT2D eigenvalue weighted by Gasteiger charge is -2.26. The van der Waals surface area contributed by atoms with Crippen molar-refractivity contribution in [3.63, 3.8) is 0 Å². The molecule has 0 spiro atoms. The van der Waals surface area contributed by atoms with Crippen LogP contribution in [0.2, 0.25) is 0 Å². The maximum atomic E-state index is 10.7. The fourth-order valence-electron chi connectivity index (χ4n) is 2.03. The average molecular weight is 171 g/mol. The maximum absolute atomic E-state index is 10.7. The van der Waals surface area contributed by atoms with E-state index in [1.54, 1.807) is 0 Å². The molecule has 3 nitrogen and oxygen atoms in total. The molecule has 3 heteroatoms. The van der Waals surface area contributed by atoms with Crippen molar-refractivity contribution < 1.29 is 9.90 Å². The minimum Gasteiger partial charge on any atom is -0.481 e. The Bertz CT molecular complexity index is 153. The number of aliphatic carboxylic acids is 1. The van der Waals surface area contributed by atoms with Gasteiger partial charge in [0.25, 0.3) is 0 Å². The quantitative estimate of drug-likeness (QED) is 0.671. The first kappa shape index (κ1) is 9.52. The summed E-state index contributed by atoms with van der Waals surface area (Å²) in [5, 5.41) is 8.85. The Labute approximate surface area is 72.9 Å². The molecule has 1 saturated carbocycles. The molecule has 0 aliphatic heterocycles. The summed E-state index contributed by atoms with van der Waals surface area (Å²) in [5.74, 6) is -0.684. The van der Waals surface area contributed by atoms with Gasteiger partial charge in [0.15, 0.2) is 0 Å². The molecule has 0 aromatic heterocycles. The van der Waals surface area contributed by atoms with E-state index in [1.807, 2.05) is 0 Å². The number of carboxylic acid groups (broad SMARTS) is 1. The number of carbonyl (C=O) groups is 1. The maximum Gasteiger partial charge on any atom is 0.308 e. The molecule has 0 radical (unpaired) electrons. The zero-order chi connectivity index (χ0) is 8.97. The van der Waals surface area contributed by atoms with E-state index in [0.717, 1.165) is 12.8 Å². The molecule has 3 N–H and O–H groups in total. The molecule has 1 aliphatic rings. The van der Waals surface area contributed by atoms with E-state index in [1.165, 1.54) is 19.3 Å². The number of nitrogens with two attached hydrogens (primary N) is 1. The third kappa shape index (κ3) is 2.21. The molecule has 1 rings (SSSR count). The van der Waals surface area contributed by atoms with Gasteiger partial charge in [-0.15, -0.1) is 0 Å². The highest BCUT2D eigenvalue weighted by atomic mass is 16.4. The van der Waals surface area contributed by atoms with Gasteiger partial charge in [-0.1, -0.05) is 19.3 Å². The Kier molecular flexibility index (Phi) is 3.53. The van der Waals surface area contributed by atoms with E-state index >= 15 is 0 Å². The first-order chi connectivity index (χ1) is 5.75. The minimum absolute atomic E-state index is 0.292. The molecule has 0 aromatic rings. The van der Waals surface area contributed by atoms with Crippen LogP contribution in [0.4, 0.5) is 0 Å². The highest BCUT2D eigenvalue weighted by Crippen LogP contribution is 2.29. The van der Waals surface area contributed by atoms with E-state index < -0.39 is 5.97 Å². The average Bonchev–Trinajstić information content (AvgIpc) is 2.07. The van der Waals surface area contributed by atoms with Crippen molar-refractivity contribution in [2.45, 2.75) is 32.1 Å². The summed E-state index contributed by atoms with van der Waals surface area (Å²) in [4.78, 5) is 10.7. The van der Waals surface area contributed by atoms with Gasteiger partial charge in [0.2, 0.25) is 0 Å². The minimum atomic E-state index is -0.718. The van der Waals surface area contributed by atoms with Gasteiger partial charge in [-0.05, 0) is 18.8 Å². The number of rotatable bonds is 3. The van der Waals surface area contributed by atoms with Crippen LogP contribution in [0, 0.1) is 11.8 Å². The third-order valence-corrected chi connectivity index (χ3v) is 2.79. The van der Waals surface area contributed by atoms with Crippen molar-refractivity contribution >= 4 is 5.97 Å². The predicted octanol–water partition coefficient (Wildman–Crippen LogP) is 1.23. The Morgan fingerprint density at radius 2 is 2.00 bits per heavy atom. The Hall–Kier alpha value is -0.570. The first-order valence-corrected chi connectivity index (χ1v) is 4.68. The molecule has 0 amide bonds. The van der Waals surface area contributed by atoms with Crippen molar-refractivity contribution in [1.29, 1.82) is 0 Å². The number of hydrogen-bond acceptors (Lipinski definition) is 2. The van der Waals surface area contributed by atoms with Crippen LogP contribution >= 0.6 is 0 Å². The molecule has 0 heterocycles. The lowest BCUT2D eigenvalue weighted by Crippen LogP contribution is -2.31. The highest BCUT2D eigenvalue weighted by molar-refractivity contribution is 5.70. The van der Waals surface area contributed by atoms with Crippen molar-refractivity contribution in [2.75, 3.05) is 6.54 Å². The summed E-state index contributed by atoms with van der Waals surface area (Å²) >= 11 is 0. The van der Waals surface area contributed by atoms with Gasteiger partial charge in [-0.2, -0.15) is 0 Å². The molecule has 0 aromatic carbocycles. The highest BCUT2D eigenvalue weighted by Gasteiger charge is 2.27. The van der Waals surface area contributed by atoms with E-state index in [9.17, 15) is 4.79 Å². The lowest BCUT2D eigenvalue weighted by molar-refractivity contribution is -0.143. The number of hydrogen-bond donors (Lipinski definition) is 2. The van der Waals surface area contributed by atoms with Gasteiger partial charge in [-0.3, -0.25) is 4.79 Å². The third-order valence-electron chi connectivity index (χ3n) is 2.79. The second kappa shape index (κ2) is 4.45. The van der Waals surface area contributed by atoms with Crippen LogP contribution in [0.25, 0.3) is 0 Å². The van der Waals surface area contributed by atoms with Crippen molar-refractivity contribution in [3.05, 3.63) is 0 Å². The van der Waals surface area contributed by atoms with Crippen molar-refractivity contribution in [3.8, 4) is 0 Å². The largest absolute Gasteiger partial charge is 0.481 e. The molecule has 1 fully saturated rings. The zero-order valence-electron chi connectivity index (χ0n) is 7.33. The molecule has 12 heavy (non-hydrogen) atoms. The van der Waals surface area contributed by atoms with Crippen molar-refractivity contribution in [2.24, 2.45) is 17.6 Å². The molecule has 70 valence electrons. The molecule has 0 saturated heterocycles. The fraction of sp³-hybridized carbons (Fsp3) is 0.889. The second-order valence-corrected chi connectivity index (χ2v) is 3.58. The fourth-order valence-corrected chi connectivity index (χ4v) is 2.03. The van der Waals surface area contributed by atoms with E-state index in [0.29, 0.717) is 12.5 Å². The molecule has 0 bridgehead atoms. The monoisotopic (exact) mass is 171 g/mol. The summed E-state index contributed by atoms with van der Waals surface area (Å²) < 4.78 is 0. The van der Waals surface area contributed by atoms with Gasteiger partial charge < -0.3 is 10.8 Å². The molecule has 1 atom stereocenters. The first-order valence-electron chi connectivity index (χ1n) is 4.68. The van der Waals surface area contributed by atoms with E-state index in [4.69, 9.17) is 10.8 Å². The topological polar surface area (TPSA) is 63.3 Å². The summed E-state index contributed by atoms with van der Waals surface area (Å²) in [6.45, 7) is 0.292. The molecular formula is C9H17NO2. The van der Waals surface area contributed by atoms with Crippen LogP contribution in [0.5, 0.6) is 0 Å². The summed E-state index contributed by atoms with van der Waals surface area (Å²) in [7, 11) is 0. The summed E-state index contributed by atoms with van der Waals surface area (Å²) in [6, 6.07) is 0. The van der Waals surface area contributed by atoms with Crippen LogP contribution in [0.15, 0.2) is 0 Å². The van der Waals surface area contributed by atoms with Gasteiger partial charge in [-0.25, -0.2) is 0 Å².